The number of rotatable bonds is 0. The van der Waals surface area contributed by atoms with Gasteiger partial charge in [0.1, 0.15) is 13.1 Å². The van der Waals surface area contributed by atoms with Gasteiger partial charge in [-0.15, -0.1) is 14.1 Å². The average molecular weight is 185 g/mol. The van der Waals surface area contributed by atoms with E-state index in [0.29, 0.717) is 0 Å². The zero-order valence-corrected chi connectivity index (χ0v) is 9.05. The summed E-state index contributed by atoms with van der Waals surface area (Å²) in [6.45, 7) is 6.59. The van der Waals surface area contributed by atoms with Gasteiger partial charge in [-0.3, -0.25) is 0 Å². The van der Waals surface area contributed by atoms with Crippen LogP contribution in [0.2, 0.25) is 0 Å². The van der Waals surface area contributed by atoms with Crippen LogP contribution in [-0.4, -0.2) is 62.3 Å². The number of nitrogens with one attached hydrogen (secondary N) is 1. The maximum atomic E-state index is 4.20. The van der Waals surface area contributed by atoms with Crippen molar-refractivity contribution in [1.29, 1.82) is 0 Å². The molecular formula is C10H23N3. The molecule has 0 aromatic carbocycles. The van der Waals surface area contributed by atoms with Crippen LogP contribution in [0.4, 0.5) is 0 Å². The minimum absolute atomic E-state index is 0.857. The Hall–Kier alpha value is -0.120. The molecule has 2 atom stereocenters. The van der Waals surface area contributed by atoms with E-state index in [-0.39, 0.29) is 0 Å². The van der Waals surface area contributed by atoms with E-state index < -0.39 is 0 Å². The van der Waals surface area contributed by atoms with Gasteiger partial charge in [-0.25, -0.2) is 0 Å². The fourth-order valence-electron chi connectivity index (χ4n) is 1.53. The minimum Gasteiger partial charge on any atom is -0.454 e. The van der Waals surface area contributed by atoms with E-state index in [9.17, 15) is 0 Å². The summed E-state index contributed by atoms with van der Waals surface area (Å²) in [7, 11) is 12.8. The largest absolute Gasteiger partial charge is 0.454 e. The van der Waals surface area contributed by atoms with Crippen LogP contribution in [0.3, 0.4) is 0 Å². The fourth-order valence-corrected chi connectivity index (χ4v) is 1.53. The molecule has 1 aliphatic rings. The zero-order valence-electron chi connectivity index (χ0n) is 9.05. The van der Waals surface area contributed by atoms with Crippen molar-refractivity contribution in [3.63, 3.8) is 0 Å². The van der Waals surface area contributed by atoms with Crippen molar-refractivity contribution in [2.24, 2.45) is 0 Å². The van der Waals surface area contributed by atoms with Crippen LogP contribution in [0.5, 0.6) is 0 Å². The molecule has 1 N–H and O–H groups in total. The van der Waals surface area contributed by atoms with Gasteiger partial charge in [0.15, 0.2) is 0 Å². The first-order valence-electron chi connectivity index (χ1n) is 5.00. The van der Waals surface area contributed by atoms with Crippen LogP contribution in [0.25, 0.3) is 0 Å². The summed E-state index contributed by atoms with van der Waals surface area (Å²) < 4.78 is 1.72. The van der Waals surface area contributed by atoms with Crippen molar-refractivity contribution in [2.75, 3.05) is 53.4 Å². The quantitative estimate of drug-likeness (QED) is 0.416. The molecule has 0 aromatic rings. The Morgan fingerprint density at radius 3 is 1.62 bits per heavy atom. The molecule has 1 aliphatic heterocycles. The van der Waals surface area contributed by atoms with Crippen molar-refractivity contribution in [3.05, 3.63) is 14.1 Å². The van der Waals surface area contributed by atoms with Gasteiger partial charge in [0.2, 0.25) is 0 Å². The van der Waals surface area contributed by atoms with Crippen LogP contribution in [0.1, 0.15) is 0 Å². The molecule has 0 aromatic heterocycles. The molecule has 3 heteroatoms. The molecule has 0 amide bonds. The summed E-state index contributed by atoms with van der Waals surface area (Å²) in [5.41, 5.74) is 0. The highest BCUT2D eigenvalue weighted by Gasteiger charge is 2.17. The van der Waals surface area contributed by atoms with Gasteiger partial charge in [-0.1, -0.05) is 0 Å². The molecular weight excluding hydrogens is 162 g/mol. The van der Waals surface area contributed by atoms with Gasteiger partial charge < -0.3 is 14.3 Å². The Balaban J connectivity index is 2.53. The Morgan fingerprint density at radius 1 is 0.846 bits per heavy atom. The SMILES string of the molecule is [CH2-][N+]1(C)CCNCC[N+]([CH2-])(C)CC1. The summed E-state index contributed by atoms with van der Waals surface area (Å²) in [5.74, 6) is 0. The summed E-state index contributed by atoms with van der Waals surface area (Å²) in [6.07, 6.45) is 0. The van der Waals surface area contributed by atoms with Crippen LogP contribution < -0.4 is 5.32 Å². The lowest BCUT2D eigenvalue weighted by atomic mass is 10.4. The molecule has 13 heavy (non-hydrogen) atoms. The van der Waals surface area contributed by atoms with Crippen LogP contribution in [-0.2, 0) is 0 Å². The maximum Gasteiger partial charge on any atom is 0.102 e. The lowest BCUT2D eigenvalue weighted by Crippen LogP contribution is -2.49. The van der Waals surface area contributed by atoms with Crippen molar-refractivity contribution >= 4 is 0 Å². The Labute approximate surface area is 82.5 Å². The predicted octanol–water partition coefficient (Wildman–Crippen LogP) is 0.0660. The van der Waals surface area contributed by atoms with Gasteiger partial charge in [-0.2, -0.15) is 0 Å². The molecule has 2 unspecified atom stereocenters. The molecule has 1 rings (SSSR count). The summed E-state index contributed by atoms with van der Waals surface area (Å²) in [4.78, 5) is 0. The molecule has 0 aliphatic carbocycles. The first kappa shape index (κ1) is 11.0. The normalized spacial score (nSPS) is 43.4. The number of nitrogens with zero attached hydrogens (tertiary/aromatic N) is 2. The first-order valence-corrected chi connectivity index (χ1v) is 5.00. The van der Waals surface area contributed by atoms with E-state index in [2.05, 4.69) is 33.5 Å². The first-order chi connectivity index (χ1) is 5.91. The van der Waals surface area contributed by atoms with Crippen LogP contribution >= 0.6 is 0 Å². The second-order valence-electron chi connectivity index (χ2n) is 4.88. The molecule has 0 radical (unpaired) electrons. The maximum absolute atomic E-state index is 4.20. The van der Waals surface area contributed by atoms with E-state index in [4.69, 9.17) is 0 Å². The van der Waals surface area contributed by atoms with Gasteiger partial charge in [-0.05, 0) is 0 Å². The smallest absolute Gasteiger partial charge is 0.102 e. The standard InChI is InChI=1S/C10H23N3/c1-12(2)7-5-11-6-8-13(3,4)10-9-12/h11H,1,3,5-10H2,2,4H3. The van der Waals surface area contributed by atoms with Gasteiger partial charge in [0, 0.05) is 27.2 Å². The summed E-state index contributed by atoms with van der Waals surface area (Å²) in [5, 5.41) is 3.43. The number of hydrogen-bond donors (Lipinski definition) is 1. The van der Waals surface area contributed by atoms with Gasteiger partial charge in [0.05, 0.1) is 13.1 Å². The van der Waals surface area contributed by atoms with E-state index in [1.54, 1.807) is 0 Å². The highest BCUT2D eigenvalue weighted by molar-refractivity contribution is 4.52. The van der Waals surface area contributed by atoms with Gasteiger partial charge in [0.25, 0.3) is 0 Å². The molecule has 3 nitrogen and oxygen atoms in total. The Morgan fingerprint density at radius 2 is 1.23 bits per heavy atom. The average Bonchev–Trinajstić information content (AvgIpc) is 2.04. The van der Waals surface area contributed by atoms with Gasteiger partial charge >= 0.3 is 0 Å². The molecule has 1 heterocycles. The molecule has 1 saturated heterocycles. The summed E-state index contributed by atoms with van der Waals surface area (Å²) in [6, 6.07) is 0. The highest BCUT2D eigenvalue weighted by Crippen LogP contribution is 2.05. The summed E-state index contributed by atoms with van der Waals surface area (Å²) >= 11 is 0. The lowest BCUT2D eigenvalue weighted by molar-refractivity contribution is -0.919. The molecule has 0 bridgehead atoms. The van der Waals surface area contributed by atoms with Crippen molar-refractivity contribution in [3.8, 4) is 0 Å². The number of likely N-dealkylation sites (N-methyl/N-ethyl adjacent to an activating group) is 2. The van der Waals surface area contributed by atoms with Crippen LogP contribution in [0.15, 0.2) is 0 Å². The predicted molar refractivity (Wildman–Crippen MR) is 55.4 cm³/mol. The molecule has 1 fully saturated rings. The second-order valence-corrected chi connectivity index (χ2v) is 4.88. The van der Waals surface area contributed by atoms with Crippen molar-refractivity contribution in [2.45, 2.75) is 0 Å². The third-order valence-corrected chi connectivity index (χ3v) is 2.84. The van der Waals surface area contributed by atoms with E-state index in [0.717, 1.165) is 48.2 Å². The molecule has 0 spiro atoms. The number of quaternary nitrogens is 2. The number of hydrogen-bond acceptors (Lipinski definition) is 1. The Kier molecular flexibility index (Phi) is 3.33. The third kappa shape index (κ3) is 4.07. The van der Waals surface area contributed by atoms with E-state index in [1.807, 2.05) is 0 Å². The topological polar surface area (TPSA) is 12.0 Å². The molecule has 0 saturated carbocycles. The van der Waals surface area contributed by atoms with Crippen molar-refractivity contribution < 1.29 is 8.97 Å². The second kappa shape index (κ2) is 3.95. The van der Waals surface area contributed by atoms with Crippen LogP contribution in [0, 0.1) is 14.1 Å². The highest BCUT2D eigenvalue weighted by atomic mass is 15.4. The monoisotopic (exact) mass is 185 g/mol. The van der Waals surface area contributed by atoms with E-state index in [1.165, 1.54) is 0 Å². The minimum atomic E-state index is 0.857. The molecule has 78 valence electrons. The third-order valence-electron chi connectivity index (χ3n) is 2.84. The lowest BCUT2D eigenvalue weighted by Gasteiger charge is -2.43. The fraction of sp³-hybridized carbons (Fsp3) is 0.800. The van der Waals surface area contributed by atoms with Crippen molar-refractivity contribution in [1.82, 2.24) is 5.32 Å². The van der Waals surface area contributed by atoms with E-state index >= 15 is 0 Å². The Bertz CT molecular complexity index is 146. The zero-order chi connectivity index (χ0) is 9.95.